The van der Waals surface area contributed by atoms with Crippen molar-refractivity contribution in [2.24, 2.45) is 0 Å². The van der Waals surface area contributed by atoms with Crippen LogP contribution in [0.3, 0.4) is 0 Å². The van der Waals surface area contributed by atoms with Crippen molar-refractivity contribution in [1.29, 1.82) is 0 Å². The first-order valence-corrected chi connectivity index (χ1v) is 11.2. The van der Waals surface area contributed by atoms with Gasteiger partial charge in [0.2, 0.25) is 5.75 Å². The highest BCUT2D eigenvalue weighted by molar-refractivity contribution is 5.90. The number of aromatic nitrogens is 2. The summed E-state index contributed by atoms with van der Waals surface area (Å²) in [6.45, 7) is 2.20. The Morgan fingerprint density at radius 3 is 1.78 bits per heavy atom. The Labute approximate surface area is 209 Å². The third kappa shape index (κ3) is 5.90. The lowest BCUT2D eigenvalue weighted by atomic mass is 10.1. The third-order valence-corrected chi connectivity index (χ3v) is 5.42. The van der Waals surface area contributed by atoms with Crippen molar-refractivity contribution >= 4 is 5.97 Å². The Morgan fingerprint density at radius 2 is 1.28 bits per heavy atom. The second-order valence-corrected chi connectivity index (χ2v) is 7.97. The van der Waals surface area contributed by atoms with E-state index in [0.717, 1.165) is 22.4 Å². The number of benzene rings is 3. The van der Waals surface area contributed by atoms with E-state index in [1.165, 1.54) is 0 Å². The Balaban J connectivity index is 1.69. The number of carbonyl (C=O) groups is 1. The summed E-state index contributed by atoms with van der Waals surface area (Å²) in [5.41, 5.74) is 3.12. The van der Waals surface area contributed by atoms with Crippen LogP contribution in [0, 0.1) is 6.92 Å². The van der Waals surface area contributed by atoms with Crippen molar-refractivity contribution in [1.82, 2.24) is 9.97 Å². The minimum Gasteiger partial charge on any atom is -0.497 e. The van der Waals surface area contributed by atoms with E-state index in [2.05, 4.69) is 9.97 Å². The first-order valence-electron chi connectivity index (χ1n) is 11.2. The number of nitrogens with zero attached hydrogens (tertiary/aromatic N) is 2. The van der Waals surface area contributed by atoms with Gasteiger partial charge >= 0.3 is 5.97 Å². The van der Waals surface area contributed by atoms with Crippen LogP contribution in [0.4, 0.5) is 0 Å². The van der Waals surface area contributed by atoms with Crippen LogP contribution in [-0.2, 0) is 13.2 Å². The standard InChI is InChI=1S/C28H26N2O6/c1-18-4-10-21(11-5-18)26-29-24(28(31)32)25(35-16-19-6-12-22(33-2)13-7-19)27(30-26)36-17-20-8-14-23(34-3)15-9-20/h4-15H,16-17H2,1-3H3,(H,31,32). The molecule has 0 aliphatic heterocycles. The number of aryl methyl sites for hydroxylation is 1. The molecule has 0 fully saturated rings. The van der Waals surface area contributed by atoms with E-state index in [4.69, 9.17) is 18.9 Å². The summed E-state index contributed by atoms with van der Waals surface area (Å²) in [5, 5.41) is 9.96. The van der Waals surface area contributed by atoms with Gasteiger partial charge in [-0.1, -0.05) is 54.1 Å². The molecule has 0 unspecified atom stereocenters. The predicted molar refractivity (Wildman–Crippen MR) is 134 cm³/mol. The maximum absolute atomic E-state index is 12.2. The van der Waals surface area contributed by atoms with Crippen LogP contribution < -0.4 is 18.9 Å². The fraction of sp³-hybridized carbons (Fsp3) is 0.179. The van der Waals surface area contributed by atoms with E-state index in [-0.39, 0.29) is 36.4 Å². The van der Waals surface area contributed by atoms with Gasteiger partial charge in [-0.25, -0.2) is 9.78 Å². The zero-order chi connectivity index (χ0) is 25.5. The van der Waals surface area contributed by atoms with Crippen LogP contribution in [0.5, 0.6) is 23.1 Å². The number of carboxylic acid groups (broad SMARTS) is 1. The summed E-state index contributed by atoms with van der Waals surface area (Å²) in [6.07, 6.45) is 0. The van der Waals surface area contributed by atoms with Gasteiger partial charge in [0.25, 0.3) is 5.88 Å². The highest BCUT2D eigenvalue weighted by Gasteiger charge is 2.24. The van der Waals surface area contributed by atoms with Crippen molar-refractivity contribution in [3.63, 3.8) is 0 Å². The van der Waals surface area contributed by atoms with Crippen LogP contribution in [0.15, 0.2) is 72.8 Å². The molecule has 8 heteroatoms. The second kappa shape index (κ2) is 11.2. The van der Waals surface area contributed by atoms with Crippen molar-refractivity contribution in [2.75, 3.05) is 14.2 Å². The molecule has 4 aromatic rings. The van der Waals surface area contributed by atoms with Crippen LogP contribution in [-0.4, -0.2) is 35.3 Å². The Hall–Kier alpha value is -4.59. The quantitative estimate of drug-likeness (QED) is 0.321. The fourth-order valence-corrected chi connectivity index (χ4v) is 3.39. The van der Waals surface area contributed by atoms with Gasteiger partial charge in [-0.3, -0.25) is 0 Å². The van der Waals surface area contributed by atoms with E-state index in [1.54, 1.807) is 26.4 Å². The Bertz CT molecular complexity index is 1320. The molecule has 0 amide bonds. The van der Waals surface area contributed by atoms with Gasteiger partial charge in [0.15, 0.2) is 11.5 Å². The van der Waals surface area contributed by atoms with E-state index < -0.39 is 5.97 Å². The number of aromatic carboxylic acids is 1. The summed E-state index contributed by atoms with van der Waals surface area (Å²) in [5.74, 6) is 0.419. The number of rotatable bonds is 10. The monoisotopic (exact) mass is 486 g/mol. The van der Waals surface area contributed by atoms with Gasteiger partial charge in [-0.2, -0.15) is 4.98 Å². The van der Waals surface area contributed by atoms with Crippen LogP contribution in [0.25, 0.3) is 11.4 Å². The highest BCUT2D eigenvalue weighted by atomic mass is 16.5. The largest absolute Gasteiger partial charge is 0.497 e. The molecule has 0 saturated carbocycles. The Kier molecular flexibility index (Phi) is 7.65. The normalized spacial score (nSPS) is 10.5. The molecule has 0 spiro atoms. The maximum atomic E-state index is 12.2. The maximum Gasteiger partial charge on any atom is 0.358 e. The minimum absolute atomic E-state index is 0.0392. The molecule has 4 rings (SSSR count). The summed E-state index contributed by atoms with van der Waals surface area (Å²) < 4.78 is 22.3. The molecule has 0 aliphatic carbocycles. The average molecular weight is 487 g/mol. The molecule has 0 aliphatic rings. The van der Waals surface area contributed by atoms with Gasteiger partial charge in [0, 0.05) is 5.56 Å². The summed E-state index contributed by atoms with van der Waals surface area (Å²) in [6, 6.07) is 22.1. The first kappa shape index (κ1) is 24.5. The number of hydrogen-bond acceptors (Lipinski definition) is 7. The average Bonchev–Trinajstić information content (AvgIpc) is 2.91. The van der Waals surface area contributed by atoms with Crippen LogP contribution >= 0.6 is 0 Å². The van der Waals surface area contributed by atoms with Gasteiger partial charge in [-0.15, -0.1) is 0 Å². The molecule has 8 nitrogen and oxygen atoms in total. The lowest BCUT2D eigenvalue weighted by Gasteiger charge is -2.15. The minimum atomic E-state index is -1.25. The topological polar surface area (TPSA) is 100 Å². The summed E-state index contributed by atoms with van der Waals surface area (Å²) in [7, 11) is 3.18. The summed E-state index contributed by atoms with van der Waals surface area (Å²) >= 11 is 0. The fourth-order valence-electron chi connectivity index (χ4n) is 3.39. The first-order chi connectivity index (χ1) is 17.5. The van der Waals surface area contributed by atoms with E-state index in [0.29, 0.717) is 11.3 Å². The van der Waals surface area contributed by atoms with E-state index in [1.807, 2.05) is 67.6 Å². The van der Waals surface area contributed by atoms with Gasteiger partial charge in [-0.05, 0) is 42.3 Å². The van der Waals surface area contributed by atoms with Crippen molar-refractivity contribution in [2.45, 2.75) is 20.1 Å². The van der Waals surface area contributed by atoms with Crippen LogP contribution in [0.1, 0.15) is 27.2 Å². The number of hydrogen-bond donors (Lipinski definition) is 1. The molecule has 0 radical (unpaired) electrons. The van der Waals surface area contributed by atoms with Crippen molar-refractivity contribution < 1.29 is 28.8 Å². The zero-order valence-electron chi connectivity index (χ0n) is 20.2. The third-order valence-electron chi connectivity index (χ3n) is 5.42. The van der Waals surface area contributed by atoms with Crippen molar-refractivity contribution in [3.8, 4) is 34.5 Å². The van der Waals surface area contributed by atoms with Gasteiger partial charge < -0.3 is 24.1 Å². The lowest BCUT2D eigenvalue weighted by Crippen LogP contribution is -2.11. The lowest BCUT2D eigenvalue weighted by molar-refractivity contribution is 0.0682. The molecule has 3 aromatic carbocycles. The molecule has 1 aromatic heterocycles. The molecule has 0 bridgehead atoms. The smallest absolute Gasteiger partial charge is 0.358 e. The van der Waals surface area contributed by atoms with Gasteiger partial charge in [0.1, 0.15) is 24.7 Å². The molecule has 36 heavy (non-hydrogen) atoms. The zero-order valence-corrected chi connectivity index (χ0v) is 20.2. The van der Waals surface area contributed by atoms with Crippen molar-refractivity contribution in [3.05, 3.63) is 95.2 Å². The highest BCUT2D eigenvalue weighted by Crippen LogP contribution is 2.33. The molecule has 0 atom stereocenters. The second-order valence-electron chi connectivity index (χ2n) is 7.97. The molecule has 184 valence electrons. The van der Waals surface area contributed by atoms with E-state index in [9.17, 15) is 9.90 Å². The number of carboxylic acids is 1. The summed E-state index contributed by atoms with van der Waals surface area (Å²) in [4.78, 5) is 21.0. The number of ether oxygens (including phenoxy) is 4. The Morgan fingerprint density at radius 1 is 0.750 bits per heavy atom. The molecule has 1 N–H and O–H groups in total. The number of methoxy groups -OCH3 is 2. The van der Waals surface area contributed by atoms with E-state index >= 15 is 0 Å². The molecular formula is C28H26N2O6. The predicted octanol–water partition coefficient (Wildman–Crippen LogP) is 5.33. The van der Waals surface area contributed by atoms with Crippen LogP contribution in [0.2, 0.25) is 0 Å². The molecule has 0 saturated heterocycles. The van der Waals surface area contributed by atoms with Gasteiger partial charge in [0.05, 0.1) is 14.2 Å². The molecule has 1 heterocycles. The molecular weight excluding hydrogens is 460 g/mol. The SMILES string of the molecule is COc1ccc(COc2nc(-c3ccc(C)cc3)nc(C(=O)O)c2OCc2ccc(OC)cc2)cc1.